The van der Waals surface area contributed by atoms with Crippen LogP contribution in [-0.2, 0) is 10.0 Å². The van der Waals surface area contributed by atoms with Gasteiger partial charge >= 0.3 is 6.03 Å². The SMILES string of the molecule is CN(C(=O)Nc1ccc(-c2cc(F)cc(F)c2)cc1)C1CCN(C2CCN(S(C)(=O)=O)CC2)CC1. The van der Waals surface area contributed by atoms with Crippen molar-refractivity contribution in [3.63, 3.8) is 0 Å². The van der Waals surface area contributed by atoms with Gasteiger partial charge in [0.2, 0.25) is 10.0 Å². The van der Waals surface area contributed by atoms with Gasteiger partial charge in [-0.1, -0.05) is 12.1 Å². The highest BCUT2D eigenvalue weighted by Gasteiger charge is 2.32. The number of hydrogen-bond donors (Lipinski definition) is 1. The van der Waals surface area contributed by atoms with E-state index >= 15 is 0 Å². The Balaban J connectivity index is 1.27. The van der Waals surface area contributed by atoms with E-state index in [0.29, 0.717) is 35.9 Å². The fourth-order valence-corrected chi connectivity index (χ4v) is 5.90. The first-order valence-corrected chi connectivity index (χ1v) is 13.7. The average Bonchev–Trinajstić information content (AvgIpc) is 2.83. The summed E-state index contributed by atoms with van der Waals surface area (Å²) in [6.07, 6.45) is 4.67. The molecular weight excluding hydrogens is 474 g/mol. The van der Waals surface area contributed by atoms with Crippen LogP contribution in [0.15, 0.2) is 42.5 Å². The first-order valence-electron chi connectivity index (χ1n) is 11.9. The van der Waals surface area contributed by atoms with E-state index < -0.39 is 21.7 Å². The molecule has 2 aromatic carbocycles. The van der Waals surface area contributed by atoms with Crippen molar-refractivity contribution in [2.24, 2.45) is 0 Å². The van der Waals surface area contributed by atoms with Crippen LogP contribution in [0.25, 0.3) is 11.1 Å². The molecule has 4 rings (SSSR count). The van der Waals surface area contributed by atoms with E-state index in [-0.39, 0.29) is 12.1 Å². The van der Waals surface area contributed by atoms with Crippen molar-refractivity contribution in [2.45, 2.75) is 37.8 Å². The zero-order valence-corrected chi connectivity index (χ0v) is 20.9. The number of likely N-dealkylation sites (tertiary alicyclic amines) is 1. The average molecular weight is 507 g/mol. The van der Waals surface area contributed by atoms with Gasteiger partial charge in [-0.05, 0) is 61.1 Å². The van der Waals surface area contributed by atoms with Gasteiger partial charge in [0.05, 0.1) is 6.26 Å². The van der Waals surface area contributed by atoms with Gasteiger partial charge in [-0.2, -0.15) is 0 Å². The van der Waals surface area contributed by atoms with Gasteiger partial charge in [-0.3, -0.25) is 0 Å². The highest BCUT2D eigenvalue weighted by Crippen LogP contribution is 2.26. The third-order valence-corrected chi connectivity index (χ3v) is 8.41. The van der Waals surface area contributed by atoms with Crippen molar-refractivity contribution in [3.8, 4) is 11.1 Å². The van der Waals surface area contributed by atoms with Crippen molar-refractivity contribution < 1.29 is 22.0 Å². The van der Waals surface area contributed by atoms with Gasteiger partial charge in [-0.15, -0.1) is 0 Å². The molecule has 2 aromatic rings. The molecule has 0 saturated carbocycles. The second-order valence-corrected chi connectivity index (χ2v) is 11.4. The maximum absolute atomic E-state index is 13.5. The summed E-state index contributed by atoms with van der Waals surface area (Å²) in [7, 11) is -1.33. The smallest absolute Gasteiger partial charge is 0.321 e. The van der Waals surface area contributed by atoms with Crippen LogP contribution in [0.4, 0.5) is 19.3 Å². The number of nitrogens with one attached hydrogen (secondary N) is 1. The lowest BCUT2D eigenvalue weighted by Crippen LogP contribution is -2.52. The molecular formula is C25H32F2N4O3S. The first kappa shape index (κ1) is 25.5. The Kier molecular flexibility index (Phi) is 7.73. The van der Waals surface area contributed by atoms with Gasteiger partial charge in [0.25, 0.3) is 0 Å². The molecule has 0 radical (unpaired) electrons. The third kappa shape index (κ3) is 6.36. The van der Waals surface area contributed by atoms with Gasteiger partial charge in [0.1, 0.15) is 11.6 Å². The van der Waals surface area contributed by atoms with Crippen molar-refractivity contribution in [1.29, 1.82) is 0 Å². The minimum atomic E-state index is -3.12. The summed E-state index contributed by atoms with van der Waals surface area (Å²) in [6.45, 7) is 2.90. The van der Waals surface area contributed by atoms with E-state index in [0.717, 1.165) is 44.8 Å². The third-order valence-electron chi connectivity index (χ3n) is 7.11. The fraction of sp³-hybridized carbons (Fsp3) is 0.480. The second-order valence-electron chi connectivity index (χ2n) is 9.44. The second kappa shape index (κ2) is 10.6. The van der Waals surface area contributed by atoms with E-state index in [1.807, 2.05) is 0 Å². The largest absolute Gasteiger partial charge is 0.325 e. The molecule has 190 valence electrons. The lowest BCUT2D eigenvalue weighted by Gasteiger charge is -2.42. The number of amides is 2. The molecule has 0 bridgehead atoms. The van der Waals surface area contributed by atoms with E-state index in [1.165, 1.54) is 18.4 Å². The number of rotatable bonds is 5. The van der Waals surface area contributed by atoms with Gasteiger partial charge in [0, 0.05) is 57.1 Å². The summed E-state index contributed by atoms with van der Waals surface area (Å²) in [6, 6.07) is 10.6. The molecule has 2 fully saturated rings. The number of urea groups is 1. The zero-order chi connectivity index (χ0) is 25.2. The maximum Gasteiger partial charge on any atom is 0.321 e. The lowest BCUT2D eigenvalue weighted by atomic mass is 9.98. The molecule has 0 aromatic heterocycles. The Morgan fingerprint density at radius 1 is 0.914 bits per heavy atom. The quantitative estimate of drug-likeness (QED) is 0.666. The number of piperidine rings is 2. The molecule has 0 atom stereocenters. The normalized spacial score (nSPS) is 19.0. The van der Waals surface area contributed by atoms with Crippen LogP contribution in [0.1, 0.15) is 25.7 Å². The Morgan fingerprint density at radius 3 is 2.03 bits per heavy atom. The van der Waals surface area contributed by atoms with Crippen LogP contribution in [0.2, 0.25) is 0 Å². The molecule has 0 unspecified atom stereocenters. The number of hydrogen-bond acceptors (Lipinski definition) is 4. The van der Waals surface area contributed by atoms with Crippen molar-refractivity contribution in [1.82, 2.24) is 14.1 Å². The molecule has 0 aliphatic carbocycles. The molecule has 0 spiro atoms. The summed E-state index contributed by atoms with van der Waals surface area (Å²) in [5, 5.41) is 2.90. The Hall–Kier alpha value is -2.56. The molecule has 2 saturated heterocycles. The highest BCUT2D eigenvalue weighted by molar-refractivity contribution is 7.88. The Labute approximate surface area is 205 Å². The zero-order valence-electron chi connectivity index (χ0n) is 20.1. The topological polar surface area (TPSA) is 73.0 Å². The maximum atomic E-state index is 13.5. The monoisotopic (exact) mass is 506 g/mol. The summed E-state index contributed by atoms with van der Waals surface area (Å²) in [4.78, 5) is 17.0. The number of nitrogens with zero attached hydrogens (tertiary/aromatic N) is 3. The number of carbonyl (C=O) groups excluding carboxylic acids is 1. The van der Waals surface area contributed by atoms with E-state index in [9.17, 15) is 22.0 Å². The Bertz CT molecular complexity index is 1120. The molecule has 2 aliphatic rings. The number of halogens is 2. The van der Waals surface area contributed by atoms with Crippen LogP contribution < -0.4 is 5.32 Å². The molecule has 2 amide bonds. The number of anilines is 1. The standard InChI is InChI=1S/C25H32F2N4O3S/c1-29(23-7-11-30(12-8-23)24-9-13-31(14-10-24)35(2,33)34)25(32)28-22-5-3-18(4-6-22)19-15-20(26)17-21(27)16-19/h3-6,15-17,23-24H,7-14H2,1-2H3,(H,28,32). The van der Waals surface area contributed by atoms with Crippen molar-refractivity contribution >= 4 is 21.7 Å². The summed E-state index contributed by atoms with van der Waals surface area (Å²) < 4.78 is 52.0. The fourth-order valence-electron chi connectivity index (χ4n) is 5.02. The predicted molar refractivity (Wildman–Crippen MR) is 133 cm³/mol. The van der Waals surface area contributed by atoms with Crippen molar-refractivity contribution in [3.05, 3.63) is 54.1 Å². The number of carbonyl (C=O) groups is 1. The molecule has 2 heterocycles. The first-order chi connectivity index (χ1) is 16.6. The van der Waals surface area contributed by atoms with Crippen molar-refractivity contribution in [2.75, 3.05) is 44.8 Å². The number of sulfonamides is 1. The number of benzene rings is 2. The molecule has 10 heteroatoms. The highest BCUT2D eigenvalue weighted by atomic mass is 32.2. The molecule has 35 heavy (non-hydrogen) atoms. The van der Waals surface area contributed by atoms with Crippen LogP contribution in [-0.4, -0.2) is 80.1 Å². The molecule has 7 nitrogen and oxygen atoms in total. The Morgan fingerprint density at radius 2 is 1.49 bits per heavy atom. The lowest BCUT2D eigenvalue weighted by molar-refractivity contribution is 0.0850. The van der Waals surface area contributed by atoms with E-state index in [4.69, 9.17) is 0 Å². The van der Waals surface area contributed by atoms with Crippen LogP contribution in [0.3, 0.4) is 0 Å². The minimum Gasteiger partial charge on any atom is -0.325 e. The van der Waals surface area contributed by atoms with Crippen LogP contribution >= 0.6 is 0 Å². The minimum absolute atomic E-state index is 0.122. The van der Waals surface area contributed by atoms with Gasteiger partial charge in [0.15, 0.2) is 0 Å². The van der Waals surface area contributed by atoms with Crippen LogP contribution in [0.5, 0.6) is 0 Å². The van der Waals surface area contributed by atoms with E-state index in [2.05, 4.69) is 10.2 Å². The summed E-state index contributed by atoms with van der Waals surface area (Å²) >= 11 is 0. The van der Waals surface area contributed by atoms with Gasteiger partial charge < -0.3 is 15.1 Å². The predicted octanol–water partition coefficient (Wildman–Crippen LogP) is 3.98. The van der Waals surface area contributed by atoms with E-state index in [1.54, 1.807) is 40.5 Å². The molecule has 2 aliphatic heterocycles. The molecule has 1 N–H and O–H groups in total. The summed E-state index contributed by atoms with van der Waals surface area (Å²) in [5.74, 6) is -1.27. The van der Waals surface area contributed by atoms with Crippen LogP contribution in [0, 0.1) is 11.6 Å². The van der Waals surface area contributed by atoms with Gasteiger partial charge in [-0.25, -0.2) is 26.3 Å². The summed E-state index contributed by atoms with van der Waals surface area (Å²) in [5.41, 5.74) is 1.70.